The van der Waals surface area contributed by atoms with Crippen molar-refractivity contribution in [3.8, 4) is 5.75 Å². The van der Waals surface area contributed by atoms with E-state index in [9.17, 15) is 4.79 Å². The van der Waals surface area contributed by atoms with Crippen molar-refractivity contribution in [2.45, 2.75) is 26.2 Å². The van der Waals surface area contributed by atoms with Gasteiger partial charge in [-0.1, -0.05) is 62.4 Å². The van der Waals surface area contributed by atoms with Gasteiger partial charge in [0.05, 0.1) is 11.1 Å². The van der Waals surface area contributed by atoms with Gasteiger partial charge in [-0.15, -0.1) is 0 Å². The van der Waals surface area contributed by atoms with Crippen LogP contribution in [0.3, 0.4) is 0 Å². The molecule has 0 aromatic heterocycles. The first-order chi connectivity index (χ1) is 13.5. The second-order valence-corrected chi connectivity index (χ2v) is 7.78. The lowest BCUT2D eigenvalue weighted by molar-refractivity contribution is 0.102. The Morgan fingerprint density at radius 3 is 2.43 bits per heavy atom. The summed E-state index contributed by atoms with van der Waals surface area (Å²) in [6.07, 6.45) is 0.835. The molecule has 0 saturated carbocycles. The largest absolute Gasteiger partial charge is 0.492 e. The van der Waals surface area contributed by atoms with Gasteiger partial charge in [0, 0.05) is 17.7 Å². The normalized spacial score (nSPS) is 10.7. The van der Waals surface area contributed by atoms with Crippen molar-refractivity contribution in [2.75, 3.05) is 11.9 Å². The van der Waals surface area contributed by atoms with Gasteiger partial charge in [-0.25, -0.2) is 0 Å². The number of amides is 1. The van der Waals surface area contributed by atoms with Crippen LogP contribution in [0.4, 0.5) is 5.69 Å². The van der Waals surface area contributed by atoms with Crippen LogP contribution in [0.1, 0.15) is 41.3 Å². The minimum Gasteiger partial charge on any atom is -0.492 e. The number of anilines is 1. The lowest BCUT2D eigenvalue weighted by Crippen LogP contribution is -2.14. The zero-order valence-corrected chi connectivity index (χ0v) is 17.7. The molecule has 1 N–H and O–H groups in total. The summed E-state index contributed by atoms with van der Waals surface area (Å²) in [6.45, 7) is 4.81. The maximum atomic E-state index is 12.7. The van der Waals surface area contributed by atoms with Crippen molar-refractivity contribution in [3.63, 3.8) is 0 Å². The molecule has 4 heteroatoms. The van der Waals surface area contributed by atoms with Crippen molar-refractivity contribution in [2.24, 2.45) is 0 Å². The molecular formula is C24H24BrNO2. The molecule has 0 aliphatic carbocycles. The molecule has 0 radical (unpaired) electrons. The van der Waals surface area contributed by atoms with E-state index in [0.29, 0.717) is 18.1 Å². The molecule has 3 aromatic rings. The highest BCUT2D eigenvalue weighted by Gasteiger charge is 2.13. The lowest BCUT2D eigenvalue weighted by atomic mass is 10.0. The summed E-state index contributed by atoms with van der Waals surface area (Å²) in [6, 6.07) is 23.5. The predicted octanol–water partition coefficient (Wildman–Crippen LogP) is 6.45. The van der Waals surface area contributed by atoms with Crippen LogP contribution in [-0.2, 0) is 6.42 Å². The highest BCUT2D eigenvalue weighted by atomic mass is 79.9. The fraction of sp³-hybridized carbons (Fsp3) is 0.208. The number of para-hydroxylation sites is 1. The molecule has 144 valence electrons. The maximum absolute atomic E-state index is 12.7. The number of carbonyl (C=O) groups excluding carboxylic acids is 1. The average Bonchev–Trinajstić information content (AvgIpc) is 2.70. The summed E-state index contributed by atoms with van der Waals surface area (Å²) in [5.74, 6) is 0.934. The van der Waals surface area contributed by atoms with E-state index in [1.54, 1.807) is 12.1 Å². The molecule has 0 unspecified atom stereocenters. The van der Waals surface area contributed by atoms with Gasteiger partial charge in [-0.3, -0.25) is 4.79 Å². The van der Waals surface area contributed by atoms with Crippen molar-refractivity contribution in [3.05, 3.63) is 94.0 Å². The Hall–Kier alpha value is -2.59. The van der Waals surface area contributed by atoms with Gasteiger partial charge >= 0.3 is 0 Å². The Kier molecular flexibility index (Phi) is 6.88. The van der Waals surface area contributed by atoms with E-state index in [2.05, 4.69) is 47.2 Å². The van der Waals surface area contributed by atoms with Crippen molar-refractivity contribution < 1.29 is 9.53 Å². The lowest BCUT2D eigenvalue weighted by Gasteiger charge is -2.14. The van der Waals surface area contributed by atoms with Gasteiger partial charge in [0.1, 0.15) is 5.75 Å². The van der Waals surface area contributed by atoms with E-state index in [0.717, 1.165) is 27.9 Å². The first kappa shape index (κ1) is 20.2. The smallest absolute Gasteiger partial charge is 0.255 e. The van der Waals surface area contributed by atoms with Crippen LogP contribution in [0.5, 0.6) is 5.75 Å². The maximum Gasteiger partial charge on any atom is 0.255 e. The van der Waals surface area contributed by atoms with E-state index in [-0.39, 0.29) is 5.91 Å². The highest BCUT2D eigenvalue weighted by molar-refractivity contribution is 9.10. The summed E-state index contributed by atoms with van der Waals surface area (Å²) in [5, 5.41) is 3.02. The SMILES string of the molecule is CC(C)c1ccccc1NC(=O)c1ccc(OCCc2ccccc2)c(Br)c1. The van der Waals surface area contributed by atoms with Crippen molar-refractivity contribution >= 4 is 27.5 Å². The van der Waals surface area contributed by atoms with Gasteiger partial charge in [-0.05, 0) is 57.2 Å². The molecule has 0 aliphatic heterocycles. The predicted molar refractivity (Wildman–Crippen MR) is 118 cm³/mol. The number of halogens is 1. The number of rotatable bonds is 7. The van der Waals surface area contributed by atoms with Crippen LogP contribution in [0.15, 0.2) is 77.3 Å². The topological polar surface area (TPSA) is 38.3 Å². The average molecular weight is 438 g/mol. The molecule has 0 saturated heterocycles. The van der Waals surface area contributed by atoms with Crippen LogP contribution in [0.25, 0.3) is 0 Å². The standard InChI is InChI=1S/C24H24BrNO2/c1-17(2)20-10-6-7-11-22(20)26-24(27)19-12-13-23(21(25)16-19)28-15-14-18-8-4-3-5-9-18/h3-13,16-17H,14-15H2,1-2H3,(H,26,27). The molecule has 28 heavy (non-hydrogen) atoms. The summed E-state index contributed by atoms with van der Waals surface area (Å²) < 4.78 is 6.63. The van der Waals surface area contributed by atoms with Crippen LogP contribution in [-0.4, -0.2) is 12.5 Å². The van der Waals surface area contributed by atoms with E-state index in [1.165, 1.54) is 5.56 Å². The van der Waals surface area contributed by atoms with E-state index >= 15 is 0 Å². The van der Waals surface area contributed by atoms with E-state index < -0.39 is 0 Å². The second-order valence-electron chi connectivity index (χ2n) is 6.93. The number of benzene rings is 3. The Labute approximate surface area is 174 Å². The van der Waals surface area contributed by atoms with Gasteiger partial charge in [0.2, 0.25) is 0 Å². The van der Waals surface area contributed by atoms with Crippen LogP contribution >= 0.6 is 15.9 Å². The van der Waals surface area contributed by atoms with Crippen LogP contribution in [0.2, 0.25) is 0 Å². The van der Waals surface area contributed by atoms with Gasteiger partial charge < -0.3 is 10.1 Å². The molecule has 1 amide bonds. The Morgan fingerprint density at radius 2 is 1.71 bits per heavy atom. The quantitative estimate of drug-likeness (QED) is 0.461. The van der Waals surface area contributed by atoms with E-state index in [1.807, 2.05) is 48.5 Å². The summed E-state index contributed by atoms with van der Waals surface area (Å²) in [5.41, 5.74) is 3.79. The summed E-state index contributed by atoms with van der Waals surface area (Å²) in [7, 11) is 0. The molecule has 0 atom stereocenters. The molecule has 0 fully saturated rings. The molecule has 3 rings (SSSR count). The van der Waals surface area contributed by atoms with Crippen LogP contribution in [0, 0.1) is 0 Å². The number of hydrogen-bond acceptors (Lipinski definition) is 2. The zero-order chi connectivity index (χ0) is 19.9. The Balaban J connectivity index is 1.64. The molecule has 3 nitrogen and oxygen atoms in total. The summed E-state index contributed by atoms with van der Waals surface area (Å²) in [4.78, 5) is 12.7. The van der Waals surface area contributed by atoms with Crippen molar-refractivity contribution in [1.29, 1.82) is 0 Å². The van der Waals surface area contributed by atoms with Crippen molar-refractivity contribution in [1.82, 2.24) is 0 Å². The summed E-state index contributed by atoms with van der Waals surface area (Å²) >= 11 is 3.52. The molecule has 0 heterocycles. The third kappa shape index (κ3) is 5.23. The number of carbonyl (C=O) groups is 1. The molecule has 0 spiro atoms. The first-order valence-electron chi connectivity index (χ1n) is 9.41. The number of hydrogen-bond donors (Lipinski definition) is 1. The van der Waals surface area contributed by atoms with Crippen LogP contribution < -0.4 is 10.1 Å². The Bertz CT molecular complexity index is 938. The highest BCUT2D eigenvalue weighted by Crippen LogP contribution is 2.28. The van der Waals surface area contributed by atoms with Gasteiger partial charge in [0.15, 0.2) is 0 Å². The molecular weight excluding hydrogens is 414 g/mol. The second kappa shape index (κ2) is 9.56. The minimum atomic E-state index is -0.135. The fourth-order valence-electron chi connectivity index (χ4n) is 2.99. The third-order valence-corrected chi connectivity index (χ3v) is 5.14. The zero-order valence-electron chi connectivity index (χ0n) is 16.1. The molecule has 0 bridgehead atoms. The number of nitrogens with one attached hydrogen (secondary N) is 1. The third-order valence-electron chi connectivity index (χ3n) is 4.52. The van der Waals surface area contributed by atoms with E-state index in [4.69, 9.17) is 4.74 Å². The Morgan fingerprint density at radius 1 is 1.00 bits per heavy atom. The number of ether oxygens (including phenoxy) is 1. The molecule has 0 aliphatic rings. The molecule has 3 aromatic carbocycles. The van der Waals surface area contributed by atoms with Gasteiger partial charge in [0.25, 0.3) is 5.91 Å². The van der Waals surface area contributed by atoms with Gasteiger partial charge in [-0.2, -0.15) is 0 Å². The monoisotopic (exact) mass is 437 g/mol. The fourth-order valence-corrected chi connectivity index (χ4v) is 3.48. The minimum absolute atomic E-state index is 0.135. The first-order valence-corrected chi connectivity index (χ1v) is 10.2.